The van der Waals surface area contributed by atoms with E-state index >= 15 is 0 Å². The molecule has 3 aromatic carbocycles. The molecule has 0 nitrogen and oxygen atoms in total. The summed E-state index contributed by atoms with van der Waals surface area (Å²) in [4.78, 5) is 0. The molecule has 0 amide bonds. The van der Waals surface area contributed by atoms with Crippen molar-refractivity contribution in [2.75, 3.05) is 0 Å². The summed E-state index contributed by atoms with van der Waals surface area (Å²) in [6.45, 7) is 24.2. The summed E-state index contributed by atoms with van der Waals surface area (Å²) < 4.78 is 0. The van der Waals surface area contributed by atoms with Gasteiger partial charge in [0.1, 0.15) is 0 Å². The Morgan fingerprint density at radius 3 is 0.500 bits per heavy atom. The zero-order valence-electron chi connectivity index (χ0n) is 36.0. The first-order valence-electron chi connectivity index (χ1n) is 22.9. The van der Waals surface area contributed by atoms with E-state index in [-0.39, 0.29) is 0 Å². The molecule has 0 heteroatoms. The van der Waals surface area contributed by atoms with Gasteiger partial charge in [-0.05, 0) is 190 Å². The van der Waals surface area contributed by atoms with E-state index in [1.165, 1.54) is 154 Å². The Morgan fingerprint density at radius 1 is 0.192 bits per heavy atom. The van der Waals surface area contributed by atoms with Gasteiger partial charge in [0.15, 0.2) is 0 Å². The summed E-state index contributed by atoms with van der Waals surface area (Å²) in [7, 11) is 0. The first kappa shape index (κ1) is 40.8. The average Bonchev–Trinajstić information content (AvgIpc) is 3.14. The first-order valence-corrected chi connectivity index (χ1v) is 22.9. The number of fused-ring (bicyclic) bond motifs is 4. The fourth-order valence-electron chi connectivity index (χ4n) is 11.2. The van der Waals surface area contributed by atoms with E-state index in [1.54, 1.807) is 100 Å². The Kier molecular flexibility index (Phi) is 15.2. The minimum absolute atomic E-state index is 1.19. The maximum atomic E-state index is 2.45. The molecule has 0 aliphatic heterocycles. The van der Waals surface area contributed by atoms with Gasteiger partial charge in [-0.1, -0.05) is 133 Å². The summed E-state index contributed by atoms with van der Waals surface area (Å²) in [5.41, 5.74) is 32.0. The van der Waals surface area contributed by atoms with Gasteiger partial charge in [0.25, 0.3) is 0 Å². The molecule has 0 fully saturated rings. The van der Waals surface area contributed by atoms with Gasteiger partial charge >= 0.3 is 0 Å². The lowest BCUT2D eigenvalue weighted by Crippen LogP contribution is -2.26. The van der Waals surface area contributed by atoms with Crippen molar-refractivity contribution >= 4 is 0 Å². The highest BCUT2D eigenvalue weighted by molar-refractivity contribution is 5.67. The van der Waals surface area contributed by atoms with Crippen LogP contribution in [0.4, 0.5) is 0 Å². The molecule has 0 aromatic heterocycles. The van der Waals surface area contributed by atoms with E-state index in [0.29, 0.717) is 0 Å². The molecule has 0 saturated carbocycles. The Labute approximate surface area is 322 Å². The molecule has 0 heterocycles. The second kappa shape index (κ2) is 19.3. The number of rotatable bonds is 20. The standard InChI is InChI=1S/C52H78/c1-11-21-35-36(22-12-2)40(26-16-6)46-32-50-44(30-20-10)52-34-48-42(28-18-8)38(24-14-4)37(23-13-3)41(27-17-7)47(48)33-51(52)43(29-19-9)49(50)31-45(46)39(35)25-15-5/h11-34H2,1-10H3. The summed E-state index contributed by atoms with van der Waals surface area (Å²) in [6.07, 6.45) is 29.7. The van der Waals surface area contributed by atoms with Crippen LogP contribution in [0, 0.1) is 0 Å². The van der Waals surface area contributed by atoms with Gasteiger partial charge in [-0.25, -0.2) is 0 Å². The third-order valence-corrected chi connectivity index (χ3v) is 13.0. The Morgan fingerprint density at radius 2 is 0.327 bits per heavy atom. The molecule has 0 atom stereocenters. The predicted octanol–water partition coefficient (Wildman–Crippen LogP) is 14.2. The van der Waals surface area contributed by atoms with E-state index in [4.69, 9.17) is 0 Å². The third-order valence-electron chi connectivity index (χ3n) is 13.0. The minimum Gasteiger partial charge on any atom is -0.0651 e. The fourth-order valence-corrected chi connectivity index (χ4v) is 11.2. The SMILES string of the molecule is CCCc1c(CCC)c(CCC)c2c(c1CCC)Cc1c(CCC)c3c(c(CCC)c1C2)Cc1c(CCC)c(CCC)c(CCC)c(CCC)c1C3. The highest BCUT2D eigenvalue weighted by atomic mass is 14.4. The molecular formula is C52H78. The van der Waals surface area contributed by atoms with Crippen molar-refractivity contribution in [2.24, 2.45) is 0 Å². The summed E-state index contributed by atoms with van der Waals surface area (Å²) in [5, 5.41) is 0. The molecule has 52 heavy (non-hydrogen) atoms. The van der Waals surface area contributed by atoms with Crippen LogP contribution >= 0.6 is 0 Å². The van der Waals surface area contributed by atoms with E-state index in [9.17, 15) is 0 Å². The first-order chi connectivity index (χ1) is 25.4. The van der Waals surface area contributed by atoms with Crippen LogP contribution in [-0.4, -0.2) is 0 Å². The summed E-state index contributed by atoms with van der Waals surface area (Å²) in [5.74, 6) is 0. The van der Waals surface area contributed by atoms with Crippen LogP contribution in [0.2, 0.25) is 0 Å². The summed E-state index contributed by atoms with van der Waals surface area (Å²) >= 11 is 0. The van der Waals surface area contributed by atoms with Gasteiger partial charge in [0, 0.05) is 0 Å². The van der Waals surface area contributed by atoms with Crippen molar-refractivity contribution in [2.45, 2.75) is 223 Å². The Bertz CT molecular complexity index is 1440. The number of hydrogen-bond acceptors (Lipinski definition) is 0. The monoisotopic (exact) mass is 703 g/mol. The smallest absolute Gasteiger partial charge is 0.00142 e. The van der Waals surface area contributed by atoms with E-state index in [1.807, 2.05) is 0 Å². The zero-order valence-corrected chi connectivity index (χ0v) is 36.0. The molecular weight excluding hydrogens is 625 g/mol. The van der Waals surface area contributed by atoms with Crippen LogP contribution in [0.15, 0.2) is 0 Å². The van der Waals surface area contributed by atoms with Crippen molar-refractivity contribution in [3.63, 3.8) is 0 Å². The van der Waals surface area contributed by atoms with Crippen molar-refractivity contribution < 1.29 is 0 Å². The Balaban J connectivity index is 1.85. The van der Waals surface area contributed by atoms with Gasteiger partial charge < -0.3 is 0 Å². The van der Waals surface area contributed by atoms with Gasteiger partial charge in [0.05, 0.1) is 0 Å². The van der Waals surface area contributed by atoms with Crippen molar-refractivity contribution in [3.8, 4) is 0 Å². The highest BCUT2D eigenvalue weighted by Crippen LogP contribution is 2.47. The lowest BCUT2D eigenvalue weighted by atomic mass is 9.67. The lowest BCUT2D eigenvalue weighted by molar-refractivity contribution is 0.748. The molecule has 3 aromatic rings. The second-order valence-corrected chi connectivity index (χ2v) is 16.8. The van der Waals surface area contributed by atoms with Crippen LogP contribution in [0.3, 0.4) is 0 Å². The molecule has 5 rings (SSSR count). The van der Waals surface area contributed by atoms with Crippen LogP contribution in [0.25, 0.3) is 0 Å². The van der Waals surface area contributed by atoms with Gasteiger partial charge in [-0.15, -0.1) is 0 Å². The molecule has 0 unspecified atom stereocenters. The fraction of sp³-hybridized carbons (Fsp3) is 0.654. The summed E-state index contributed by atoms with van der Waals surface area (Å²) in [6, 6.07) is 0. The van der Waals surface area contributed by atoms with Gasteiger partial charge in [-0.2, -0.15) is 0 Å². The van der Waals surface area contributed by atoms with Crippen LogP contribution in [-0.2, 0) is 89.9 Å². The topological polar surface area (TPSA) is 0 Å². The van der Waals surface area contributed by atoms with Crippen LogP contribution in [0.1, 0.15) is 234 Å². The van der Waals surface area contributed by atoms with Gasteiger partial charge in [-0.3, -0.25) is 0 Å². The molecule has 0 bridgehead atoms. The van der Waals surface area contributed by atoms with Crippen LogP contribution in [0.5, 0.6) is 0 Å². The molecule has 0 radical (unpaired) electrons. The number of hydrogen-bond donors (Lipinski definition) is 0. The van der Waals surface area contributed by atoms with Crippen LogP contribution < -0.4 is 0 Å². The molecule has 0 N–H and O–H groups in total. The average molecular weight is 703 g/mol. The maximum Gasteiger partial charge on any atom is -0.00142 e. The quantitative estimate of drug-likeness (QED) is 0.0757. The van der Waals surface area contributed by atoms with E-state index < -0.39 is 0 Å². The molecule has 286 valence electrons. The van der Waals surface area contributed by atoms with Crippen molar-refractivity contribution in [1.82, 2.24) is 0 Å². The molecule has 2 aliphatic carbocycles. The molecule has 2 aliphatic rings. The van der Waals surface area contributed by atoms with E-state index in [2.05, 4.69) is 69.2 Å². The predicted molar refractivity (Wildman–Crippen MR) is 230 cm³/mol. The maximum absolute atomic E-state index is 2.45. The Hall–Kier alpha value is -2.34. The zero-order chi connectivity index (χ0) is 37.4. The third kappa shape index (κ3) is 7.76. The minimum atomic E-state index is 1.19. The highest BCUT2D eigenvalue weighted by Gasteiger charge is 2.35. The van der Waals surface area contributed by atoms with E-state index in [0.717, 1.165) is 0 Å². The largest absolute Gasteiger partial charge is 0.0651 e. The van der Waals surface area contributed by atoms with Crippen molar-refractivity contribution in [1.29, 1.82) is 0 Å². The molecule has 0 saturated heterocycles. The number of benzene rings is 3. The lowest BCUT2D eigenvalue weighted by Gasteiger charge is -2.38. The normalized spacial score (nSPS) is 13.3. The van der Waals surface area contributed by atoms with Crippen molar-refractivity contribution in [3.05, 3.63) is 100 Å². The molecule has 0 spiro atoms. The second-order valence-electron chi connectivity index (χ2n) is 16.8. The van der Waals surface area contributed by atoms with Gasteiger partial charge in [0.2, 0.25) is 0 Å².